The van der Waals surface area contributed by atoms with Gasteiger partial charge in [-0.3, -0.25) is 9.88 Å². The fourth-order valence-electron chi connectivity index (χ4n) is 2.20. The van der Waals surface area contributed by atoms with E-state index in [4.69, 9.17) is 0 Å². The van der Waals surface area contributed by atoms with Crippen molar-refractivity contribution in [3.8, 4) is 0 Å². The first kappa shape index (κ1) is 11.6. The van der Waals surface area contributed by atoms with E-state index in [9.17, 15) is 0 Å². The molecule has 0 unspecified atom stereocenters. The largest absolute Gasteiger partial charge is 0.314 e. The van der Waals surface area contributed by atoms with Crippen LogP contribution in [0, 0.1) is 6.92 Å². The van der Waals surface area contributed by atoms with Crippen LogP contribution in [-0.2, 0) is 6.54 Å². The summed E-state index contributed by atoms with van der Waals surface area (Å²) in [6, 6.07) is 6.25. The summed E-state index contributed by atoms with van der Waals surface area (Å²) in [5.41, 5.74) is 2.50. The standard InChI is InChI=1S/C13H21N3/c1-11-5-4-6-12(15-11)9-16-8-7-14-10-13(16,2)3/h4-6,14H,7-10H2,1-3H3. The maximum absolute atomic E-state index is 4.57. The molecule has 0 saturated carbocycles. The summed E-state index contributed by atoms with van der Waals surface area (Å²) in [6.07, 6.45) is 0. The summed E-state index contributed by atoms with van der Waals surface area (Å²) in [5.74, 6) is 0. The minimum atomic E-state index is 0.226. The third kappa shape index (κ3) is 2.60. The minimum Gasteiger partial charge on any atom is -0.314 e. The quantitative estimate of drug-likeness (QED) is 0.818. The molecule has 1 N–H and O–H groups in total. The van der Waals surface area contributed by atoms with Gasteiger partial charge in [0.1, 0.15) is 0 Å². The lowest BCUT2D eigenvalue weighted by Gasteiger charge is -2.42. The molecule has 0 aliphatic carbocycles. The van der Waals surface area contributed by atoms with E-state index in [-0.39, 0.29) is 5.54 Å². The molecular formula is C13H21N3. The SMILES string of the molecule is Cc1cccc(CN2CCNCC2(C)C)n1. The summed E-state index contributed by atoms with van der Waals surface area (Å²) in [7, 11) is 0. The lowest BCUT2D eigenvalue weighted by Crippen LogP contribution is -2.57. The molecule has 1 aliphatic heterocycles. The topological polar surface area (TPSA) is 28.2 Å². The van der Waals surface area contributed by atoms with Crippen LogP contribution in [0.5, 0.6) is 0 Å². The zero-order valence-corrected chi connectivity index (χ0v) is 10.5. The molecule has 1 fully saturated rings. The number of nitrogens with one attached hydrogen (secondary N) is 1. The van der Waals surface area contributed by atoms with Gasteiger partial charge < -0.3 is 5.32 Å². The van der Waals surface area contributed by atoms with E-state index in [1.165, 1.54) is 5.69 Å². The molecule has 1 aliphatic rings. The lowest BCUT2D eigenvalue weighted by atomic mass is 10.00. The number of hydrogen-bond acceptors (Lipinski definition) is 3. The van der Waals surface area contributed by atoms with Crippen LogP contribution >= 0.6 is 0 Å². The number of aromatic nitrogens is 1. The van der Waals surface area contributed by atoms with Gasteiger partial charge in [-0.25, -0.2) is 0 Å². The average molecular weight is 219 g/mol. The van der Waals surface area contributed by atoms with Crippen LogP contribution in [0.2, 0.25) is 0 Å². The molecule has 0 atom stereocenters. The lowest BCUT2D eigenvalue weighted by molar-refractivity contribution is 0.0814. The number of rotatable bonds is 2. The van der Waals surface area contributed by atoms with Crippen molar-refractivity contribution in [1.29, 1.82) is 0 Å². The molecular weight excluding hydrogens is 198 g/mol. The summed E-state index contributed by atoms with van der Waals surface area (Å²) in [5, 5.41) is 3.44. The molecule has 16 heavy (non-hydrogen) atoms. The molecule has 1 saturated heterocycles. The fraction of sp³-hybridized carbons (Fsp3) is 0.615. The third-order valence-electron chi connectivity index (χ3n) is 3.27. The van der Waals surface area contributed by atoms with Gasteiger partial charge in [-0.15, -0.1) is 0 Å². The van der Waals surface area contributed by atoms with E-state index in [0.717, 1.165) is 31.9 Å². The zero-order chi connectivity index (χ0) is 11.6. The normalized spacial score (nSPS) is 20.9. The van der Waals surface area contributed by atoms with E-state index >= 15 is 0 Å². The van der Waals surface area contributed by atoms with Crippen LogP contribution < -0.4 is 5.32 Å². The van der Waals surface area contributed by atoms with E-state index in [1.807, 2.05) is 13.0 Å². The first-order chi connectivity index (χ1) is 7.58. The molecule has 1 aromatic rings. The second-order valence-corrected chi connectivity index (χ2v) is 5.18. The highest BCUT2D eigenvalue weighted by atomic mass is 15.2. The Labute approximate surface area is 97.9 Å². The van der Waals surface area contributed by atoms with Crippen molar-refractivity contribution in [3.05, 3.63) is 29.6 Å². The van der Waals surface area contributed by atoms with Crippen LogP contribution in [0.1, 0.15) is 25.2 Å². The maximum atomic E-state index is 4.57. The Morgan fingerprint density at radius 1 is 1.44 bits per heavy atom. The van der Waals surface area contributed by atoms with E-state index < -0.39 is 0 Å². The van der Waals surface area contributed by atoms with Crippen molar-refractivity contribution in [3.63, 3.8) is 0 Å². The Bertz CT molecular complexity index is 360. The highest BCUT2D eigenvalue weighted by molar-refractivity contribution is 5.10. The van der Waals surface area contributed by atoms with Crippen molar-refractivity contribution >= 4 is 0 Å². The second kappa shape index (κ2) is 4.52. The molecule has 2 heterocycles. The van der Waals surface area contributed by atoms with E-state index in [1.54, 1.807) is 0 Å². The van der Waals surface area contributed by atoms with Crippen molar-refractivity contribution in [1.82, 2.24) is 15.2 Å². The Hall–Kier alpha value is -0.930. The van der Waals surface area contributed by atoms with Gasteiger partial charge in [-0.2, -0.15) is 0 Å². The highest BCUT2D eigenvalue weighted by Crippen LogP contribution is 2.18. The number of nitrogens with zero attached hydrogens (tertiary/aromatic N) is 2. The molecule has 0 bridgehead atoms. The highest BCUT2D eigenvalue weighted by Gasteiger charge is 2.29. The first-order valence-electron chi connectivity index (χ1n) is 5.96. The van der Waals surface area contributed by atoms with E-state index in [2.05, 4.69) is 41.2 Å². The molecule has 3 heteroatoms. The van der Waals surface area contributed by atoms with Crippen LogP contribution in [0.4, 0.5) is 0 Å². The Balaban J connectivity index is 2.08. The molecule has 3 nitrogen and oxygen atoms in total. The van der Waals surface area contributed by atoms with Gasteiger partial charge in [0.2, 0.25) is 0 Å². The summed E-state index contributed by atoms with van der Waals surface area (Å²) in [6.45, 7) is 10.8. The third-order valence-corrected chi connectivity index (χ3v) is 3.27. The number of hydrogen-bond donors (Lipinski definition) is 1. The van der Waals surface area contributed by atoms with Gasteiger partial charge in [-0.1, -0.05) is 6.07 Å². The zero-order valence-electron chi connectivity index (χ0n) is 10.5. The van der Waals surface area contributed by atoms with Gasteiger partial charge in [0.25, 0.3) is 0 Å². The van der Waals surface area contributed by atoms with Crippen molar-refractivity contribution in [2.75, 3.05) is 19.6 Å². The monoisotopic (exact) mass is 219 g/mol. The second-order valence-electron chi connectivity index (χ2n) is 5.18. The van der Waals surface area contributed by atoms with Crippen LogP contribution in [0.25, 0.3) is 0 Å². The molecule has 0 aromatic carbocycles. The van der Waals surface area contributed by atoms with Crippen molar-refractivity contribution < 1.29 is 0 Å². The Morgan fingerprint density at radius 3 is 2.94 bits per heavy atom. The number of aryl methyl sites for hydroxylation is 1. The Morgan fingerprint density at radius 2 is 2.25 bits per heavy atom. The summed E-state index contributed by atoms with van der Waals surface area (Å²) < 4.78 is 0. The van der Waals surface area contributed by atoms with Crippen LogP contribution in [0.15, 0.2) is 18.2 Å². The van der Waals surface area contributed by atoms with Crippen molar-refractivity contribution in [2.45, 2.75) is 32.9 Å². The average Bonchev–Trinajstić information content (AvgIpc) is 2.21. The van der Waals surface area contributed by atoms with Gasteiger partial charge in [0.15, 0.2) is 0 Å². The van der Waals surface area contributed by atoms with Gasteiger partial charge in [0, 0.05) is 37.4 Å². The minimum absolute atomic E-state index is 0.226. The summed E-state index contributed by atoms with van der Waals surface area (Å²) in [4.78, 5) is 7.08. The predicted octanol–water partition coefficient (Wildman–Crippen LogP) is 1.57. The molecule has 0 radical (unpaired) electrons. The maximum Gasteiger partial charge on any atom is 0.0547 e. The van der Waals surface area contributed by atoms with Gasteiger partial charge >= 0.3 is 0 Å². The molecule has 88 valence electrons. The fourth-order valence-corrected chi connectivity index (χ4v) is 2.20. The molecule has 0 amide bonds. The molecule has 2 rings (SSSR count). The smallest absolute Gasteiger partial charge is 0.0547 e. The Kier molecular flexibility index (Phi) is 3.26. The molecule has 1 aromatic heterocycles. The van der Waals surface area contributed by atoms with Crippen LogP contribution in [-0.4, -0.2) is 35.1 Å². The van der Waals surface area contributed by atoms with Crippen molar-refractivity contribution in [2.24, 2.45) is 0 Å². The first-order valence-corrected chi connectivity index (χ1v) is 5.96. The number of piperazine rings is 1. The predicted molar refractivity (Wildman–Crippen MR) is 66.3 cm³/mol. The van der Waals surface area contributed by atoms with Gasteiger partial charge in [0.05, 0.1) is 5.69 Å². The van der Waals surface area contributed by atoms with E-state index in [0.29, 0.717) is 0 Å². The summed E-state index contributed by atoms with van der Waals surface area (Å²) >= 11 is 0. The number of pyridine rings is 1. The van der Waals surface area contributed by atoms with Crippen LogP contribution in [0.3, 0.4) is 0 Å². The molecule has 0 spiro atoms. The van der Waals surface area contributed by atoms with Gasteiger partial charge in [-0.05, 0) is 32.9 Å².